The summed E-state index contributed by atoms with van der Waals surface area (Å²) in [6, 6.07) is 20.0. The van der Waals surface area contributed by atoms with Gasteiger partial charge in [0, 0.05) is 36.1 Å². The summed E-state index contributed by atoms with van der Waals surface area (Å²) in [6.45, 7) is 3.82. The number of furan rings is 1. The van der Waals surface area contributed by atoms with E-state index in [4.69, 9.17) is 9.25 Å². The van der Waals surface area contributed by atoms with Crippen molar-refractivity contribution in [3.8, 4) is 5.88 Å². The fourth-order valence-electron chi connectivity index (χ4n) is 3.33. The van der Waals surface area contributed by atoms with Crippen LogP contribution in [0.3, 0.4) is 0 Å². The molecule has 4 rings (SSSR count). The molecule has 0 amide bonds. The number of fused-ring (bicyclic) bond motifs is 1. The smallest absolute Gasteiger partial charge is 0.334 e. The van der Waals surface area contributed by atoms with Gasteiger partial charge in [0.15, 0.2) is 0 Å². The molecule has 0 aliphatic carbocycles. The van der Waals surface area contributed by atoms with Crippen molar-refractivity contribution < 1.29 is 14.0 Å². The minimum Gasteiger partial charge on any atom is -0.448 e. The lowest BCUT2D eigenvalue weighted by molar-refractivity contribution is -0.143. The third-order valence-corrected chi connectivity index (χ3v) is 4.93. The number of oxime groups is 1. The second-order valence-electron chi connectivity index (χ2n) is 6.84. The predicted octanol–water partition coefficient (Wildman–Crippen LogP) is 5.43. The summed E-state index contributed by atoms with van der Waals surface area (Å²) in [5.41, 5.74) is 4.90. The number of carbonyl (C=O) groups is 1. The number of rotatable bonds is 6. The van der Waals surface area contributed by atoms with Crippen LogP contribution in [0.5, 0.6) is 0 Å². The van der Waals surface area contributed by atoms with Crippen LogP contribution in [0.1, 0.15) is 30.0 Å². The summed E-state index contributed by atoms with van der Waals surface area (Å²) in [7, 11) is 0. The molecule has 0 bridgehead atoms. The number of carbonyl (C=O) groups excluding carboxylic acids is 1. The highest BCUT2D eigenvalue weighted by Crippen LogP contribution is 2.27. The first-order valence-corrected chi connectivity index (χ1v) is 9.63. The largest absolute Gasteiger partial charge is 0.448 e. The van der Waals surface area contributed by atoms with Crippen LogP contribution in [0.4, 0.5) is 0 Å². The second kappa shape index (κ2) is 8.19. The summed E-state index contributed by atoms with van der Waals surface area (Å²) >= 11 is 0. The monoisotopic (exact) mass is 386 g/mol. The van der Waals surface area contributed by atoms with Gasteiger partial charge in [-0.3, -0.25) is 4.57 Å². The van der Waals surface area contributed by atoms with Crippen LogP contribution in [-0.2, 0) is 16.1 Å². The van der Waals surface area contributed by atoms with Gasteiger partial charge >= 0.3 is 5.97 Å². The molecule has 0 fully saturated rings. The van der Waals surface area contributed by atoms with E-state index in [1.54, 1.807) is 13.2 Å². The number of aromatic nitrogens is 1. The molecule has 0 unspecified atom stereocenters. The zero-order valence-electron chi connectivity index (χ0n) is 16.5. The maximum Gasteiger partial charge on any atom is 0.334 e. The van der Waals surface area contributed by atoms with Gasteiger partial charge in [-0.1, -0.05) is 54.5 Å². The average molecular weight is 386 g/mol. The summed E-state index contributed by atoms with van der Waals surface area (Å²) in [5, 5.41) is 5.29. The van der Waals surface area contributed by atoms with Crippen molar-refractivity contribution in [1.29, 1.82) is 0 Å². The van der Waals surface area contributed by atoms with Crippen molar-refractivity contribution in [2.75, 3.05) is 0 Å². The molecule has 2 aromatic carbocycles. The van der Waals surface area contributed by atoms with E-state index in [-0.39, 0.29) is 12.4 Å². The lowest BCUT2D eigenvalue weighted by atomic mass is 9.98. The summed E-state index contributed by atoms with van der Waals surface area (Å²) in [4.78, 5) is 17.0. The first-order valence-electron chi connectivity index (χ1n) is 9.63. The van der Waals surface area contributed by atoms with Crippen molar-refractivity contribution in [3.05, 3.63) is 89.8 Å². The Balaban J connectivity index is 1.85. The van der Waals surface area contributed by atoms with E-state index >= 15 is 0 Å². The van der Waals surface area contributed by atoms with Gasteiger partial charge in [-0.2, -0.15) is 0 Å². The molecular formula is C24H22N2O3. The van der Waals surface area contributed by atoms with Crippen LogP contribution in [0.2, 0.25) is 0 Å². The Morgan fingerprint density at radius 3 is 2.62 bits per heavy atom. The Morgan fingerprint density at radius 1 is 1.07 bits per heavy atom. The topological polar surface area (TPSA) is 56.7 Å². The number of benzene rings is 2. The normalized spacial score (nSPS) is 11.7. The maximum absolute atomic E-state index is 11.8. The molecule has 0 radical (unpaired) electrons. The minimum absolute atomic E-state index is 0.273. The first kappa shape index (κ1) is 18.7. The van der Waals surface area contributed by atoms with Gasteiger partial charge in [-0.25, -0.2) is 4.79 Å². The minimum atomic E-state index is -0.359. The molecule has 0 aliphatic heterocycles. The molecular weight excluding hydrogens is 364 g/mol. The van der Waals surface area contributed by atoms with Gasteiger partial charge in [0.2, 0.25) is 5.88 Å². The van der Waals surface area contributed by atoms with Crippen LogP contribution >= 0.6 is 0 Å². The molecule has 4 aromatic rings. The van der Waals surface area contributed by atoms with Crippen LogP contribution in [0.15, 0.2) is 82.7 Å². The standard InChI is InChI=1S/C24H22N2O3/c1-3-24(27)29-25-21(15-18-10-5-4-9-17(18)2)20-16-26(23-13-8-14-28-23)22-12-7-6-11-19(20)22/h4-14,16H,3,15H2,1-2H3/b25-21+. The van der Waals surface area contributed by atoms with Gasteiger partial charge in [0.25, 0.3) is 0 Å². The third-order valence-electron chi connectivity index (χ3n) is 4.93. The number of nitrogens with zero attached hydrogens (tertiary/aromatic N) is 2. The van der Waals surface area contributed by atoms with Gasteiger partial charge < -0.3 is 9.25 Å². The van der Waals surface area contributed by atoms with Crippen LogP contribution in [0, 0.1) is 6.92 Å². The Kier molecular flexibility index (Phi) is 5.29. The molecule has 5 nitrogen and oxygen atoms in total. The van der Waals surface area contributed by atoms with E-state index in [0.717, 1.165) is 27.6 Å². The van der Waals surface area contributed by atoms with E-state index < -0.39 is 0 Å². The Labute approximate surface area is 169 Å². The van der Waals surface area contributed by atoms with Crippen LogP contribution < -0.4 is 0 Å². The van der Waals surface area contributed by atoms with Gasteiger partial charge in [0.1, 0.15) is 0 Å². The lowest BCUT2D eigenvalue weighted by Crippen LogP contribution is -2.09. The Bertz CT molecular complexity index is 1170. The lowest BCUT2D eigenvalue weighted by Gasteiger charge is -2.08. The van der Waals surface area contributed by atoms with E-state index in [2.05, 4.69) is 24.2 Å². The molecule has 0 saturated heterocycles. The van der Waals surface area contributed by atoms with Crippen molar-refractivity contribution in [3.63, 3.8) is 0 Å². The number of hydrogen-bond donors (Lipinski definition) is 0. The molecule has 0 aliphatic rings. The van der Waals surface area contributed by atoms with Crippen molar-refractivity contribution in [1.82, 2.24) is 4.57 Å². The zero-order valence-corrected chi connectivity index (χ0v) is 16.5. The van der Waals surface area contributed by atoms with E-state index in [0.29, 0.717) is 18.0 Å². The SMILES string of the molecule is CCC(=O)O/N=C(\Cc1ccccc1C)c1cn(-c2ccco2)c2ccccc12. The Morgan fingerprint density at radius 2 is 1.86 bits per heavy atom. The van der Waals surface area contributed by atoms with E-state index in [9.17, 15) is 4.79 Å². The van der Waals surface area contributed by atoms with Crippen LogP contribution in [0.25, 0.3) is 16.8 Å². The molecule has 0 spiro atoms. The molecule has 29 heavy (non-hydrogen) atoms. The summed E-state index contributed by atoms with van der Waals surface area (Å²) in [5.74, 6) is 0.357. The molecule has 0 atom stereocenters. The number of para-hydroxylation sites is 1. The summed E-state index contributed by atoms with van der Waals surface area (Å²) in [6.07, 6.45) is 4.46. The van der Waals surface area contributed by atoms with Gasteiger partial charge in [-0.05, 0) is 30.2 Å². The quantitative estimate of drug-likeness (QED) is 0.252. The van der Waals surface area contributed by atoms with Crippen molar-refractivity contribution >= 4 is 22.6 Å². The molecule has 2 heterocycles. The van der Waals surface area contributed by atoms with Crippen LogP contribution in [-0.4, -0.2) is 16.2 Å². The number of aryl methyl sites for hydroxylation is 1. The first-order chi connectivity index (χ1) is 14.2. The van der Waals surface area contributed by atoms with Gasteiger partial charge in [0.05, 0.1) is 17.5 Å². The zero-order chi connectivity index (χ0) is 20.2. The number of hydrogen-bond acceptors (Lipinski definition) is 4. The fourth-order valence-corrected chi connectivity index (χ4v) is 3.33. The highest BCUT2D eigenvalue weighted by Gasteiger charge is 2.17. The molecule has 5 heteroatoms. The molecule has 0 N–H and O–H groups in total. The van der Waals surface area contributed by atoms with Gasteiger partial charge in [-0.15, -0.1) is 0 Å². The molecule has 2 aromatic heterocycles. The van der Waals surface area contributed by atoms with Crippen molar-refractivity contribution in [2.45, 2.75) is 26.7 Å². The third kappa shape index (κ3) is 3.85. The second-order valence-corrected chi connectivity index (χ2v) is 6.84. The summed E-state index contributed by atoms with van der Waals surface area (Å²) < 4.78 is 7.60. The molecule has 0 saturated carbocycles. The highest BCUT2D eigenvalue weighted by molar-refractivity contribution is 6.12. The van der Waals surface area contributed by atoms with Crippen molar-refractivity contribution in [2.24, 2.45) is 5.16 Å². The fraction of sp³-hybridized carbons (Fsp3) is 0.167. The molecule has 146 valence electrons. The maximum atomic E-state index is 11.8. The predicted molar refractivity (Wildman–Crippen MR) is 113 cm³/mol. The average Bonchev–Trinajstić information content (AvgIpc) is 3.40. The Hall–Kier alpha value is -3.60. The van der Waals surface area contributed by atoms with E-state index in [1.165, 1.54) is 0 Å². The van der Waals surface area contributed by atoms with E-state index in [1.807, 2.05) is 59.3 Å². The highest BCUT2D eigenvalue weighted by atomic mass is 16.7.